The smallest absolute Gasteiger partial charge is 0.286 e. The van der Waals surface area contributed by atoms with E-state index in [2.05, 4.69) is 31.9 Å². The Morgan fingerprint density at radius 3 is 2.67 bits per heavy atom. The molecule has 0 saturated heterocycles. The number of benzene rings is 1. The van der Waals surface area contributed by atoms with Gasteiger partial charge in [0.25, 0.3) is 11.2 Å². The molecule has 2 unspecified atom stereocenters. The normalized spacial score (nSPS) is 23.0. The van der Waals surface area contributed by atoms with Crippen molar-refractivity contribution in [1.29, 1.82) is 0 Å². The Kier molecular flexibility index (Phi) is 2.94. The van der Waals surface area contributed by atoms with Gasteiger partial charge in [0.05, 0.1) is 9.25 Å². The lowest BCUT2D eigenvalue weighted by Crippen LogP contribution is -2.31. The Labute approximate surface area is 120 Å². The maximum atomic E-state index is 12.4. The minimum atomic E-state index is -0.0661. The van der Waals surface area contributed by atoms with Gasteiger partial charge >= 0.3 is 0 Å². The second kappa shape index (κ2) is 4.35. The lowest BCUT2D eigenvalue weighted by Gasteiger charge is -2.27. The van der Waals surface area contributed by atoms with Crippen molar-refractivity contribution < 1.29 is 4.43 Å². The van der Waals surface area contributed by atoms with Crippen LogP contribution in [0.1, 0.15) is 33.9 Å². The van der Waals surface area contributed by atoms with Crippen molar-refractivity contribution >= 4 is 42.9 Å². The lowest BCUT2D eigenvalue weighted by atomic mass is 9.99. The molecule has 2 aromatic rings. The Morgan fingerprint density at radius 2 is 1.89 bits per heavy atom. The summed E-state index contributed by atoms with van der Waals surface area (Å²) in [7, 11) is 0. The maximum Gasteiger partial charge on any atom is 0.286 e. The predicted molar refractivity (Wildman–Crippen MR) is 76.6 cm³/mol. The molecule has 1 aliphatic carbocycles. The van der Waals surface area contributed by atoms with Gasteiger partial charge in [-0.1, -0.05) is 44.0 Å². The summed E-state index contributed by atoms with van der Waals surface area (Å²) >= 11 is 6.98. The Hall–Kier alpha value is -0.880. The van der Waals surface area contributed by atoms with Crippen molar-refractivity contribution in [2.45, 2.75) is 22.5 Å². The van der Waals surface area contributed by atoms with Crippen LogP contribution in [-0.4, -0.2) is 4.73 Å². The van der Waals surface area contributed by atoms with E-state index >= 15 is 0 Å². The van der Waals surface area contributed by atoms with Crippen LogP contribution in [0.3, 0.4) is 0 Å². The zero-order valence-corrected chi connectivity index (χ0v) is 12.5. The molecular weight excluding hydrogens is 364 g/mol. The summed E-state index contributed by atoms with van der Waals surface area (Å²) in [5, 5.41) is 12.4. The molecule has 1 heterocycles. The molecule has 0 fully saturated rings. The van der Waals surface area contributed by atoms with E-state index in [1.165, 1.54) is 0 Å². The number of para-hydroxylation sites is 2. The molecule has 0 bridgehead atoms. The number of alkyl halides is 2. The minimum Gasteiger partial charge on any atom is -0.805 e. The highest BCUT2D eigenvalue weighted by Gasteiger charge is 2.35. The highest BCUT2D eigenvalue weighted by Crippen LogP contribution is 2.43. The molecule has 0 radical (unpaired) electrons. The van der Waals surface area contributed by atoms with Crippen LogP contribution in [-0.2, 0) is 0 Å². The second-order valence-electron chi connectivity index (χ2n) is 4.36. The summed E-state index contributed by atoms with van der Waals surface area (Å²) in [6, 6.07) is 6.88. The maximum absolute atomic E-state index is 12.4. The fourth-order valence-corrected chi connectivity index (χ4v) is 3.79. The summed E-state index contributed by atoms with van der Waals surface area (Å²) in [6.45, 7) is 0. The van der Waals surface area contributed by atoms with Crippen molar-refractivity contribution in [3.8, 4) is 0 Å². The average molecular weight is 374 g/mol. The first kappa shape index (κ1) is 12.2. The SMILES string of the molecule is O=[n+]1c2c(n([O-])c3ccccc31)C(Br)CCC2Br. The van der Waals surface area contributed by atoms with Crippen LogP contribution in [0.25, 0.3) is 11.0 Å². The van der Waals surface area contributed by atoms with Crippen molar-refractivity contribution in [3.05, 3.63) is 45.8 Å². The zero-order valence-electron chi connectivity index (χ0n) is 9.35. The third-order valence-electron chi connectivity index (χ3n) is 3.29. The molecule has 6 heteroatoms. The number of aromatic nitrogens is 2. The Balaban J connectivity index is 2.50. The van der Waals surface area contributed by atoms with E-state index in [1.54, 1.807) is 24.3 Å². The fourth-order valence-electron chi connectivity index (χ4n) is 2.42. The minimum absolute atomic E-state index is 0.0661. The van der Waals surface area contributed by atoms with Crippen LogP contribution < -0.4 is 4.43 Å². The highest BCUT2D eigenvalue weighted by atomic mass is 79.9. The molecule has 0 amide bonds. The molecule has 0 spiro atoms. The third kappa shape index (κ3) is 1.62. The molecule has 4 nitrogen and oxygen atoms in total. The van der Waals surface area contributed by atoms with E-state index in [0.717, 1.165) is 22.0 Å². The number of hydrogen-bond acceptors (Lipinski definition) is 2. The van der Waals surface area contributed by atoms with Gasteiger partial charge in [-0.15, -0.1) is 0 Å². The van der Waals surface area contributed by atoms with Gasteiger partial charge in [-0.25, -0.2) is 0 Å². The molecule has 0 saturated carbocycles. The lowest BCUT2D eigenvalue weighted by molar-refractivity contribution is -0.476. The van der Waals surface area contributed by atoms with Gasteiger partial charge < -0.3 is 9.94 Å². The van der Waals surface area contributed by atoms with Crippen molar-refractivity contribution in [2.75, 3.05) is 0 Å². The zero-order chi connectivity index (χ0) is 12.9. The molecular formula is C12H10Br2N2O2. The number of nitrogens with zero attached hydrogens (tertiary/aromatic N) is 2. The standard InChI is InChI=1S/C12H10Br2N2O2/c13-7-5-6-8(14)12-11(7)15(17)9-3-1-2-4-10(9)16(12)18/h1-4,7-8H,5-6H2. The molecule has 0 N–H and O–H groups in total. The van der Waals surface area contributed by atoms with Crippen molar-refractivity contribution in [1.82, 2.24) is 4.73 Å². The first-order valence-electron chi connectivity index (χ1n) is 5.67. The summed E-state index contributed by atoms with van der Waals surface area (Å²) in [5.74, 6) is 0. The average Bonchev–Trinajstić information content (AvgIpc) is 2.38. The van der Waals surface area contributed by atoms with Gasteiger partial charge in [-0.3, -0.25) is 0 Å². The Morgan fingerprint density at radius 1 is 1.22 bits per heavy atom. The molecule has 1 aromatic carbocycles. The van der Waals surface area contributed by atoms with E-state index in [9.17, 15) is 10.1 Å². The number of rotatable bonds is 0. The van der Waals surface area contributed by atoms with Gasteiger partial charge in [0, 0.05) is 11.0 Å². The van der Waals surface area contributed by atoms with Crippen LogP contribution in [0.15, 0.2) is 24.3 Å². The van der Waals surface area contributed by atoms with Crippen LogP contribution in [0, 0.1) is 10.1 Å². The van der Waals surface area contributed by atoms with Crippen LogP contribution in [0.5, 0.6) is 0 Å². The van der Waals surface area contributed by atoms with Crippen LogP contribution >= 0.6 is 31.9 Å². The van der Waals surface area contributed by atoms with Gasteiger partial charge in [0.1, 0.15) is 16.0 Å². The van der Waals surface area contributed by atoms with E-state index in [1.807, 2.05) is 0 Å². The summed E-state index contributed by atoms with van der Waals surface area (Å²) in [6.07, 6.45) is 1.67. The third-order valence-corrected chi connectivity index (χ3v) is 5.07. The summed E-state index contributed by atoms with van der Waals surface area (Å²) in [4.78, 5) is 12.3. The monoisotopic (exact) mass is 372 g/mol. The number of hydrogen-bond donors (Lipinski definition) is 0. The second-order valence-corrected chi connectivity index (χ2v) is 6.57. The van der Waals surface area contributed by atoms with Gasteiger partial charge in [-0.2, -0.15) is 0 Å². The molecule has 2 atom stereocenters. The van der Waals surface area contributed by atoms with Crippen molar-refractivity contribution in [3.63, 3.8) is 0 Å². The van der Waals surface area contributed by atoms with Crippen molar-refractivity contribution in [2.24, 2.45) is 0 Å². The van der Waals surface area contributed by atoms with Gasteiger partial charge in [-0.05, 0) is 18.9 Å². The summed E-state index contributed by atoms with van der Waals surface area (Å²) in [5.41, 5.74) is 1.88. The highest BCUT2D eigenvalue weighted by molar-refractivity contribution is 9.09. The Bertz CT molecular complexity index is 684. The molecule has 3 rings (SSSR count). The quantitative estimate of drug-likeness (QED) is 0.523. The number of fused-ring (bicyclic) bond motifs is 2. The molecule has 94 valence electrons. The van der Waals surface area contributed by atoms with Crippen LogP contribution in [0.4, 0.5) is 0 Å². The van der Waals surface area contributed by atoms with Crippen LogP contribution in [0.2, 0.25) is 0 Å². The van der Waals surface area contributed by atoms with Gasteiger partial charge in [0.2, 0.25) is 0 Å². The molecule has 0 aliphatic heterocycles. The summed E-state index contributed by atoms with van der Waals surface area (Å²) < 4.78 is 1.76. The molecule has 1 aliphatic rings. The largest absolute Gasteiger partial charge is 0.805 e. The fraction of sp³-hybridized carbons (Fsp3) is 0.333. The van der Waals surface area contributed by atoms with Gasteiger partial charge in [0.15, 0.2) is 0 Å². The first-order valence-corrected chi connectivity index (χ1v) is 7.50. The molecule has 1 aromatic heterocycles. The molecule has 18 heavy (non-hydrogen) atoms. The number of halogens is 2. The van der Waals surface area contributed by atoms with E-state index in [0.29, 0.717) is 22.4 Å². The topological polar surface area (TPSA) is 51.0 Å². The predicted octanol–water partition coefficient (Wildman–Crippen LogP) is 3.57. The van der Waals surface area contributed by atoms with E-state index < -0.39 is 0 Å². The first-order chi connectivity index (χ1) is 8.61. The van der Waals surface area contributed by atoms with E-state index in [-0.39, 0.29) is 9.65 Å². The van der Waals surface area contributed by atoms with E-state index in [4.69, 9.17) is 0 Å².